The molecule has 22 heavy (non-hydrogen) atoms. The van der Waals surface area contributed by atoms with Crippen molar-refractivity contribution < 1.29 is 9.53 Å². The maximum absolute atomic E-state index is 12.0. The van der Waals surface area contributed by atoms with E-state index in [2.05, 4.69) is 35.0 Å². The largest absolute Gasteiger partial charge is 0.380 e. The maximum atomic E-state index is 12.0. The van der Waals surface area contributed by atoms with Gasteiger partial charge in [0, 0.05) is 45.0 Å². The Balaban J connectivity index is 1.94. The number of ether oxygens (including phenoxy) is 1. The monoisotopic (exact) mass is 303 g/mol. The van der Waals surface area contributed by atoms with Crippen LogP contribution in [0.1, 0.15) is 12.6 Å². The number of aromatic nitrogens is 1. The Morgan fingerprint density at radius 3 is 2.86 bits per heavy atom. The van der Waals surface area contributed by atoms with Crippen LogP contribution in [-0.4, -0.2) is 48.8 Å². The average Bonchev–Trinajstić information content (AvgIpc) is 2.85. The fourth-order valence-electron chi connectivity index (χ4n) is 2.45. The van der Waals surface area contributed by atoms with Gasteiger partial charge in [-0.25, -0.2) is 4.79 Å². The van der Waals surface area contributed by atoms with Crippen LogP contribution in [0.2, 0.25) is 0 Å². The van der Waals surface area contributed by atoms with E-state index >= 15 is 0 Å². The molecular formula is C17H25N3O2. The van der Waals surface area contributed by atoms with Gasteiger partial charge >= 0.3 is 6.03 Å². The molecular weight excluding hydrogens is 278 g/mol. The van der Waals surface area contributed by atoms with Gasteiger partial charge < -0.3 is 19.5 Å². The first-order valence-electron chi connectivity index (χ1n) is 7.59. The van der Waals surface area contributed by atoms with E-state index in [9.17, 15) is 4.79 Å². The molecule has 2 aromatic rings. The van der Waals surface area contributed by atoms with Gasteiger partial charge in [0.05, 0.1) is 6.10 Å². The smallest absolute Gasteiger partial charge is 0.317 e. The summed E-state index contributed by atoms with van der Waals surface area (Å²) >= 11 is 0. The second-order valence-corrected chi connectivity index (χ2v) is 5.65. The minimum atomic E-state index is -0.0713. The summed E-state index contributed by atoms with van der Waals surface area (Å²) in [6.45, 7) is 5.98. The van der Waals surface area contributed by atoms with Gasteiger partial charge in [-0.1, -0.05) is 18.2 Å². The van der Waals surface area contributed by atoms with Gasteiger partial charge in [0.25, 0.3) is 0 Å². The van der Waals surface area contributed by atoms with Crippen molar-refractivity contribution >= 4 is 16.9 Å². The van der Waals surface area contributed by atoms with Crippen LogP contribution in [0.25, 0.3) is 10.9 Å². The number of aryl methyl sites for hydroxylation is 1. The van der Waals surface area contributed by atoms with E-state index in [1.165, 1.54) is 16.6 Å². The number of hydrogen-bond donors (Lipinski definition) is 1. The predicted octanol–water partition coefficient (Wildman–Crippen LogP) is 2.63. The van der Waals surface area contributed by atoms with Crippen molar-refractivity contribution in [2.75, 3.05) is 27.2 Å². The summed E-state index contributed by atoms with van der Waals surface area (Å²) in [6.07, 6.45) is 0.0213. The third-order valence-electron chi connectivity index (χ3n) is 3.97. The molecule has 1 atom stereocenters. The average molecular weight is 303 g/mol. The van der Waals surface area contributed by atoms with Gasteiger partial charge in [0.2, 0.25) is 0 Å². The molecule has 2 rings (SSSR count). The Bertz CT molecular complexity index is 636. The van der Waals surface area contributed by atoms with Gasteiger partial charge in [-0.05, 0) is 31.4 Å². The van der Waals surface area contributed by atoms with Crippen LogP contribution in [0.3, 0.4) is 0 Å². The Morgan fingerprint density at radius 2 is 2.14 bits per heavy atom. The third kappa shape index (κ3) is 3.80. The highest BCUT2D eigenvalue weighted by Gasteiger charge is 2.11. The number of nitrogens with one attached hydrogen (secondary N) is 1. The molecule has 0 fully saturated rings. The summed E-state index contributed by atoms with van der Waals surface area (Å²) in [5.41, 5.74) is 2.42. The zero-order chi connectivity index (χ0) is 16.1. The number of carbonyl (C=O) groups is 1. The molecule has 2 amide bonds. The van der Waals surface area contributed by atoms with Crippen LogP contribution in [-0.2, 0) is 11.3 Å². The van der Waals surface area contributed by atoms with Crippen molar-refractivity contribution in [3.63, 3.8) is 0 Å². The number of hydrogen-bond acceptors (Lipinski definition) is 2. The van der Waals surface area contributed by atoms with E-state index in [4.69, 9.17) is 4.74 Å². The van der Waals surface area contributed by atoms with Crippen molar-refractivity contribution in [2.24, 2.45) is 0 Å². The molecule has 0 aliphatic heterocycles. The van der Waals surface area contributed by atoms with Gasteiger partial charge in [-0.15, -0.1) is 0 Å². The molecule has 1 aromatic carbocycles. The SMILES string of the molecule is CO[C@@H](C)CNC(=O)N(C)CCn1c(C)cc2ccccc21. The van der Waals surface area contributed by atoms with Crippen LogP contribution in [0.4, 0.5) is 4.79 Å². The van der Waals surface area contributed by atoms with E-state index in [1.807, 2.05) is 26.1 Å². The van der Waals surface area contributed by atoms with Crippen molar-refractivity contribution in [2.45, 2.75) is 26.5 Å². The van der Waals surface area contributed by atoms with Crippen LogP contribution < -0.4 is 5.32 Å². The van der Waals surface area contributed by atoms with Crippen molar-refractivity contribution in [3.05, 3.63) is 36.0 Å². The lowest BCUT2D eigenvalue weighted by Gasteiger charge is -2.20. The lowest BCUT2D eigenvalue weighted by molar-refractivity contribution is 0.116. The number of carbonyl (C=O) groups excluding carboxylic acids is 1. The molecule has 1 heterocycles. The van der Waals surface area contributed by atoms with Crippen molar-refractivity contribution in [3.8, 4) is 0 Å². The predicted molar refractivity (Wildman–Crippen MR) is 89.2 cm³/mol. The second-order valence-electron chi connectivity index (χ2n) is 5.65. The van der Waals surface area contributed by atoms with Crippen LogP contribution in [0, 0.1) is 6.92 Å². The standard InChI is InChI=1S/C17H25N3O2/c1-13-11-15-7-5-6-8-16(15)20(13)10-9-19(3)17(21)18-12-14(2)22-4/h5-8,11,14H,9-10,12H2,1-4H3,(H,18,21)/t14-/m0/s1. The summed E-state index contributed by atoms with van der Waals surface area (Å²) in [4.78, 5) is 13.7. The minimum absolute atomic E-state index is 0.0213. The molecule has 5 nitrogen and oxygen atoms in total. The van der Waals surface area contributed by atoms with Gasteiger partial charge in [-0.2, -0.15) is 0 Å². The number of nitrogens with zero attached hydrogens (tertiary/aromatic N) is 2. The zero-order valence-corrected chi connectivity index (χ0v) is 13.8. The first kappa shape index (κ1) is 16.4. The topological polar surface area (TPSA) is 46.5 Å². The molecule has 0 aliphatic rings. The van der Waals surface area contributed by atoms with Gasteiger partial charge in [0.1, 0.15) is 0 Å². The maximum Gasteiger partial charge on any atom is 0.317 e. The quantitative estimate of drug-likeness (QED) is 0.891. The van der Waals surface area contributed by atoms with Crippen molar-refractivity contribution in [1.82, 2.24) is 14.8 Å². The molecule has 120 valence electrons. The molecule has 0 radical (unpaired) electrons. The van der Waals surface area contributed by atoms with Crippen molar-refractivity contribution in [1.29, 1.82) is 0 Å². The normalized spacial score (nSPS) is 12.4. The molecule has 0 saturated heterocycles. The number of amides is 2. The molecule has 1 aromatic heterocycles. The van der Waals surface area contributed by atoms with E-state index in [-0.39, 0.29) is 12.1 Å². The van der Waals surface area contributed by atoms with E-state index in [1.54, 1.807) is 12.0 Å². The fraction of sp³-hybridized carbons (Fsp3) is 0.471. The summed E-state index contributed by atoms with van der Waals surface area (Å²) in [5.74, 6) is 0. The first-order chi connectivity index (χ1) is 10.5. The highest BCUT2D eigenvalue weighted by molar-refractivity contribution is 5.81. The number of likely N-dealkylation sites (N-methyl/N-ethyl adjacent to an activating group) is 1. The van der Waals surface area contributed by atoms with E-state index in [0.717, 1.165) is 6.54 Å². The van der Waals surface area contributed by atoms with Crippen LogP contribution >= 0.6 is 0 Å². The minimum Gasteiger partial charge on any atom is -0.380 e. The highest BCUT2D eigenvalue weighted by atomic mass is 16.5. The van der Waals surface area contributed by atoms with Gasteiger partial charge in [-0.3, -0.25) is 0 Å². The lowest BCUT2D eigenvalue weighted by Crippen LogP contribution is -2.41. The Kier molecular flexibility index (Phi) is 5.44. The zero-order valence-electron chi connectivity index (χ0n) is 13.8. The Labute approximate surface area is 131 Å². The van der Waals surface area contributed by atoms with Gasteiger partial charge in [0.15, 0.2) is 0 Å². The molecule has 0 spiro atoms. The van der Waals surface area contributed by atoms with Crippen LogP contribution in [0.15, 0.2) is 30.3 Å². The summed E-state index contributed by atoms with van der Waals surface area (Å²) in [5, 5.41) is 4.10. The molecule has 0 saturated carbocycles. The lowest BCUT2D eigenvalue weighted by atomic mass is 10.2. The molecule has 0 unspecified atom stereocenters. The molecule has 0 bridgehead atoms. The number of urea groups is 1. The fourth-order valence-corrected chi connectivity index (χ4v) is 2.45. The molecule has 1 N–H and O–H groups in total. The number of rotatable bonds is 6. The third-order valence-corrected chi connectivity index (χ3v) is 3.97. The van der Waals surface area contributed by atoms with E-state index < -0.39 is 0 Å². The van der Waals surface area contributed by atoms with Crippen LogP contribution in [0.5, 0.6) is 0 Å². The number of methoxy groups -OCH3 is 1. The summed E-state index contributed by atoms with van der Waals surface area (Å²) in [6, 6.07) is 10.4. The Morgan fingerprint density at radius 1 is 1.41 bits per heavy atom. The first-order valence-corrected chi connectivity index (χ1v) is 7.59. The molecule has 0 aliphatic carbocycles. The summed E-state index contributed by atoms with van der Waals surface area (Å²) in [7, 11) is 3.45. The number of fused-ring (bicyclic) bond motifs is 1. The number of benzene rings is 1. The molecule has 5 heteroatoms. The highest BCUT2D eigenvalue weighted by Crippen LogP contribution is 2.18. The second kappa shape index (κ2) is 7.31. The van der Waals surface area contributed by atoms with E-state index in [0.29, 0.717) is 13.1 Å². The number of para-hydroxylation sites is 1. The summed E-state index contributed by atoms with van der Waals surface area (Å²) < 4.78 is 7.37. The Hall–Kier alpha value is -2.01.